The second kappa shape index (κ2) is 5.92. The SMILES string of the molecule is COC(C)(C)CNC(=O)c1ccc(-n2[nH]ccc2=O)nc1. The molecule has 0 fully saturated rings. The summed E-state index contributed by atoms with van der Waals surface area (Å²) in [5.41, 5.74) is -0.215. The average Bonchev–Trinajstić information content (AvgIpc) is 2.91. The molecule has 0 aliphatic heterocycles. The number of H-pyrrole nitrogens is 1. The number of ether oxygens (including phenoxy) is 1. The van der Waals surface area contributed by atoms with Crippen LogP contribution in [0.5, 0.6) is 0 Å². The van der Waals surface area contributed by atoms with Gasteiger partial charge in [0.05, 0.1) is 11.2 Å². The van der Waals surface area contributed by atoms with Gasteiger partial charge in [-0.05, 0) is 26.0 Å². The van der Waals surface area contributed by atoms with Gasteiger partial charge in [-0.25, -0.2) is 9.67 Å². The number of carbonyl (C=O) groups excluding carboxylic acids is 1. The van der Waals surface area contributed by atoms with Crippen LogP contribution in [-0.4, -0.2) is 39.9 Å². The largest absolute Gasteiger partial charge is 0.377 e. The fraction of sp³-hybridized carbons (Fsp3) is 0.357. The van der Waals surface area contributed by atoms with E-state index >= 15 is 0 Å². The Morgan fingerprint density at radius 3 is 2.71 bits per heavy atom. The minimum absolute atomic E-state index is 0.207. The molecule has 0 aliphatic carbocycles. The monoisotopic (exact) mass is 290 g/mol. The quantitative estimate of drug-likeness (QED) is 0.849. The van der Waals surface area contributed by atoms with Crippen molar-refractivity contribution in [2.24, 2.45) is 0 Å². The zero-order chi connectivity index (χ0) is 15.5. The number of aromatic amines is 1. The van der Waals surface area contributed by atoms with Crippen molar-refractivity contribution in [1.29, 1.82) is 0 Å². The summed E-state index contributed by atoms with van der Waals surface area (Å²) in [6, 6.07) is 4.62. The second-order valence-corrected chi connectivity index (χ2v) is 5.19. The predicted octanol–water partition coefficient (Wildman–Crippen LogP) is 0.715. The summed E-state index contributed by atoms with van der Waals surface area (Å²) < 4.78 is 6.52. The lowest BCUT2D eigenvalue weighted by molar-refractivity contribution is 0.0228. The van der Waals surface area contributed by atoms with Gasteiger partial charge in [0, 0.05) is 32.1 Å². The van der Waals surface area contributed by atoms with Gasteiger partial charge in [0.25, 0.3) is 11.5 Å². The minimum Gasteiger partial charge on any atom is -0.377 e. The molecule has 112 valence electrons. The lowest BCUT2D eigenvalue weighted by atomic mass is 10.1. The first-order valence-corrected chi connectivity index (χ1v) is 6.49. The molecule has 0 spiro atoms. The van der Waals surface area contributed by atoms with Gasteiger partial charge in [0.15, 0.2) is 5.82 Å². The van der Waals surface area contributed by atoms with E-state index in [0.29, 0.717) is 17.9 Å². The first kappa shape index (κ1) is 15.0. The Kier molecular flexibility index (Phi) is 4.23. The molecule has 0 saturated carbocycles. The highest BCUT2D eigenvalue weighted by molar-refractivity contribution is 5.93. The second-order valence-electron chi connectivity index (χ2n) is 5.19. The summed E-state index contributed by atoms with van der Waals surface area (Å²) >= 11 is 0. The maximum absolute atomic E-state index is 12.0. The summed E-state index contributed by atoms with van der Waals surface area (Å²) in [5, 5.41) is 5.52. The summed E-state index contributed by atoms with van der Waals surface area (Å²) in [6.07, 6.45) is 2.95. The van der Waals surface area contributed by atoms with Crippen LogP contribution in [0, 0.1) is 0 Å². The van der Waals surface area contributed by atoms with Gasteiger partial charge in [-0.3, -0.25) is 14.7 Å². The van der Waals surface area contributed by atoms with Crippen LogP contribution < -0.4 is 10.9 Å². The van der Waals surface area contributed by atoms with Gasteiger partial charge in [-0.1, -0.05) is 0 Å². The number of nitrogens with zero attached hydrogens (tertiary/aromatic N) is 2. The van der Waals surface area contributed by atoms with Crippen molar-refractivity contribution in [1.82, 2.24) is 20.1 Å². The molecule has 2 N–H and O–H groups in total. The lowest BCUT2D eigenvalue weighted by Gasteiger charge is -2.23. The Bertz CT molecular complexity index is 670. The highest BCUT2D eigenvalue weighted by atomic mass is 16.5. The number of aromatic nitrogens is 3. The molecule has 0 saturated heterocycles. The van der Waals surface area contributed by atoms with E-state index in [0.717, 1.165) is 0 Å². The lowest BCUT2D eigenvalue weighted by Crippen LogP contribution is -2.39. The number of nitrogens with one attached hydrogen (secondary N) is 2. The summed E-state index contributed by atoms with van der Waals surface area (Å²) in [7, 11) is 1.59. The normalized spacial score (nSPS) is 11.4. The third-order valence-electron chi connectivity index (χ3n) is 3.12. The number of hydrogen-bond acceptors (Lipinski definition) is 4. The third-order valence-corrected chi connectivity index (χ3v) is 3.12. The first-order chi connectivity index (χ1) is 9.93. The van der Waals surface area contributed by atoms with Crippen molar-refractivity contribution in [3.05, 3.63) is 46.5 Å². The van der Waals surface area contributed by atoms with Crippen molar-refractivity contribution in [3.8, 4) is 5.82 Å². The highest BCUT2D eigenvalue weighted by Crippen LogP contribution is 2.07. The molecule has 0 unspecified atom stereocenters. The predicted molar refractivity (Wildman–Crippen MR) is 77.6 cm³/mol. The minimum atomic E-state index is -0.430. The van der Waals surface area contributed by atoms with E-state index in [-0.39, 0.29) is 11.5 Å². The Morgan fingerprint density at radius 2 is 2.19 bits per heavy atom. The van der Waals surface area contributed by atoms with Crippen LogP contribution in [0.3, 0.4) is 0 Å². The molecule has 0 aromatic carbocycles. The molecule has 0 bridgehead atoms. The molecule has 0 atom stereocenters. The van der Waals surface area contributed by atoms with Crippen LogP contribution in [0.2, 0.25) is 0 Å². The van der Waals surface area contributed by atoms with Crippen LogP contribution in [0.25, 0.3) is 5.82 Å². The topological polar surface area (TPSA) is 89.0 Å². The molecule has 1 amide bonds. The van der Waals surface area contributed by atoms with Gasteiger partial charge >= 0.3 is 0 Å². The molecule has 2 aromatic heterocycles. The molecule has 2 heterocycles. The molecular formula is C14H18N4O3. The Labute approximate surface area is 121 Å². The van der Waals surface area contributed by atoms with Crippen molar-refractivity contribution in [3.63, 3.8) is 0 Å². The van der Waals surface area contributed by atoms with Crippen LogP contribution in [0.1, 0.15) is 24.2 Å². The first-order valence-electron chi connectivity index (χ1n) is 6.49. The molecule has 2 aromatic rings. The van der Waals surface area contributed by atoms with Gasteiger partial charge in [-0.15, -0.1) is 0 Å². The van der Waals surface area contributed by atoms with Crippen molar-refractivity contribution < 1.29 is 9.53 Å². The standard InChI is InChI=1S/C14H18N4O3/c1-14(2,21-3)9-16-13(20)10-4-5-11(15-8-10)18-12(19)6-7-17-18/h4-8,17H,9H2,1-3H3,(H,16,20). The van der Waals surface area contributed by atoms with E-state index in [2.05, 4.69) is 15.4 Å². The Morgan fingerprint density at radius 1 is 1.43 bits per heavy atom. The van der Waals surface area contributed by atoms with Crippen LogP contribution >= 0.6 is 0 Å². The number of hydrogen-bond donors (Lipinski definition) is 2. The van der Waals surface area contributed by atoms with Crippen molar-refractivity contribution >= 4 is 5.91 Å². The zero-order valence-corrected chi connectivity index (χ0v) is 12.2. The van der Waals surface area contributed by atoms with E-state index in [1.54, 1.807) is 19.2 Å². The molecule has 2 rings (SSSR count). The summed E-state index contributed by atoms with van der Waals surface area (Å²) in [6.45, 7) is 4.15. The number of carbonyl (C=O) groups is 1. The Hall–Kier alpha value is -2.41. The maximum Gasteiger partial charge on any atom is 0.272 e. The molecular weight excluding hydrogens is 272 g/mol. The van der Waals surface area contributed by atoms with E-state index in [1.807, 2.05) is 13.8 Å². The number of rotatable bonds is 5. The third kappa shape index (κ3) is 3.57. The van der Waals surface area contributed by atoms with Gasteiger partial charge in [0.1, 0.15) is 0 Å². The van der Waals surface area contributed by atoms with E-state index in [9.17, 15) is 9.59 Å². The number of pyridine rings is 1. The van der Waals surface area contributed by atoms with Crippen LogP contribution in [-0.2, 0) is 4.74 Å². The Balaban J connectivity index is 2.07. The molecule has 0 aliphatic rings. The smallest absolute Gasteiger partial charge is 0.272 e. The van der Waals surface area contributed by atoms with Gasteiger partial charge in [-0.2, -0.15) is 0 Å². The van der Waals surface area contributed by atoms with Gasteiger partial charge in [0.2, 0.25) is 0 Å². The number of amides is 1. The summed E-state index contributed by atoms with van der Waals surface area (Å²) in [4.78, 5) is 27.6. The average molecular weight is 290 g/mol. The fourth-order valence-electron chi connectivity index (χ4n) is 1.62. The fourth-order valence-corrected chi connectivity index (χ4v) is 1.62. The van der Waals surface area contributed by atoms with E-state index < -0.39 is 5.60 Å². The molecule has 0 radical (unpaired) electrons. The summed E-state index contributed by atoms with van der Waals surface area (Å²) in [5.74, 6) is 0.191. The molecule has 7 heteroatoms. The van der Waals surface area contributed by atoms with Crippen molar-refractivity contribution in [2.45, 2.75) is 19.4 Å². The van der Waals surface area contributed by atoms with Crippen LogP contribution in [0.15, 0.2) is 35.4 Å². The van der Waals surface area contributed by atoms with E-state index in [1.165, 1.54) is 23.1 Å². The van der Waals surface area contributed by atoms with E-state index in [4.69, 9.17) is 4.74 Å². The molecule has 7 nitrogen and oxygen atoms in total. The maximum atomic E-state index is 12.0. The van der Waals surface area contributed by atoms with Crippen molar-refractivity contribution in [2.75, 3.05) is 13.7 Å². The van der Waals surface area contributed by atoms with Gasteiger partial charge < -0.3 is 10.1 Å². The number of methoxy groups -OCH3 is 1. The zero-order valence-electron chi connectivity index (χ0n) is 12.2. The highest BCUT2D eigenvalue weighted by Gasteiger charge is 2.18. The van der Waals surface area contributed by atoms with Crippen LogP contribution in [0.4, 0.5) is 0 Å². The molecule has 21 heavy (non-hydrogen) atoms.